The molecule has 2 aliphatic heterocycles. The normalized spacial score (nSPS) is 23.9. The molecule has 0 radical (unpaired) electrons. The zero-order valence-electron chi connectivity index (χ0n) is 19.5. The molecule has 1 atom stereocenters. The Morgan fingerprint density at radius 3 is 2.49 bits per heavy atom. The molecule has 1 unspecified atom stereocenters. The van der Waals surface area contributed by atoms with Crippen LogP contribution in [0.2, 0.25) is 0 Å². The van der Waals surface area contributed by atoms with Crippen molar-refractivity contribution in [1.29, 1.82) is 0 Å². The van der Waals surface area contributed by atoms with E-state index in [-0.39, 0.29) is 30.3 Å². The number of nitrogens with zero attached hydrogens (tertiary/aromatic N) is 5. The lowest BCUT2D eigenvalue weighted by molar-refractivity contribution is -0.130. The summed E-state index contributed by atoms with van der Waals surface area (Å²) in [5.74, 6) is -3.95. The van der Waals surface area contributed by atoms with Crippen molar-refractivity contribution in [1.82, 2.24) is 14.8 Å². The van der Waals surface area contributed by atoms with Crippen LogP contribution >= 0.6 is 11.0 Å². The maximum absolute atomic E-state index is 14.8. The highest BCUT2D eigenvalue weighted by molar-refractivity contribution is 8.26. The van der Waals surface area contributed by atoms with E-state index >= 15 is 0 Å². The summed E-state index contributed by atoms with van der Waals surface area (Å²) in [7, 11) is -2.10. The van der Waals surface area contributed by atoms with Crippen molar-refractivity contribution >= 4 is 28.4 Å². The molecule has 2 N–H and O–H groups in total. The average Bonchev–Trinajstić information content (AvgIpc) is 3.38. The standard InChI is InChI=1S/C23H28F3N5O3S/c1-15(32)30-9-7-29(8-10-30)13-16-3-4-19(24)18(11-16)20-5-6-21-22(27-20)28(2)35(33,34)31(21)14-17-12-23(17,25)26/h3-6,11,17,33-34H,7-10,12-14H2,1-2H3. The van der Waals surface area contributed by atoms with Crippen LogP contribution in [0.3, 0.4) is 0 Å². The second-order valence-electron chi connectivity index (χ2n) is 9.35. The van der Waals surface area contributed by atoms with Crippen molar-refractivity contribution in [3.05, 3.63) is 41.7 Å². The van der Waals surface area contributed by atoms with Gasteiger partial charge < -0.3 is 4.90 Å². The Balaban J connectivity index is 1.37. The van der Waals surface area contributed by atoms with Gasteiger partial charge in [0.1, 0.15) is 11.5 Å². The van der Waals surface area contributed by atoms with Gasteiger partial charge in [0.25, 0.3) is 5.92 Å². The molecule has 1 saturated carbocycles. The van der Waals surface area contributed by atoms with Crippen LogP contribution in [0, 0.1) is 11.7 Å². The van der Waals surface area contributed by atoms with E-state index in [4.69, 9.17) is 0 Å². The van der Waals surface area contributed by atoms with Crippen LogP contribution in [0.5, 0.6) is 0 Å². The zero-order valence-corrected chi connectivity index (χ0v) is 20.3. The molecular formula is C23H28F3N5O3S. The molecule has 1 saturated heterocycles. The Bertz CT molecular complexity index is 1160. The third-order valence-corrected chi connectivity index (χ3v) is 8.80. The molecule has 3 aliphatic rings. The van der Waals surface area contributed by atoms with E-state index in [0.717, 1.165) is 18.7 Å². The second-order valence-corrected chi connectivity index (χ2v) is 11.3. The van der Waals surface area contributed by atoms with E-state index in [9.17, 15) is 27.1 Å². The summed E-state index contributed by atoms with van der Waals surface area (Å²) < 4.78 is 65.5. The molecule has 1 amide bonds. The van der Waals surface area contributed by atoms with Gasteiger partial charge in [0.05, 0.1) is 5.69 Å². The number of aromatic nitrogens is 1. The molecule has 190 valence electrons. The maximum atomic E-state index is 14.8. The number of carbonyl (C=O) groups is 1. The lowest BCUT2D eigenvalue weighted by atomic mass is 10.1. The van der Waals surface area contributed by atoms with Crippen LogP contribution < -0.4 is 8.61 Å². The summed E-state index contributed by atoms with van der Waals surface area (Å²) in [6.07, 6.45) is -0.286. The molecule has 2 fully saturated rings. The molecule has 1 aliphatic carbocycles. The third-order valence-electron chi connectivity index (χ3n) is 6.96. The van der Waals surface area contributed by atoms with E-state index in [1.165, 1.54) is 21.7 Å². The van der Waals surface area contributed by atoms with Crippen LogP contribution in [-0.4, -0.2) is 75.5 Å². The number of fused-ring (bicyclic) bond motifs is 1. The topological polar surface area (TPSA) is 83.4 Å². The number of benzene rings is 1. The highest BCUT2D eigenvalue weighted by Gasteiger charge is 2.59. The van der Waals surface area contributed by atoms with Crippen LogP contribution in [0.25, 0.3) is 11.3 Å². The van der Waals surface area contributed by atoms with Crippen molar-refractivity contribution in [3.8, 4) is 11.3 Å². The summed E-state index contributed by atoms with van der Waals surface area (Å²) in [5, 5.41) is 0. The molecule has 1 aromatic heterocycles. The minimum Gasteiger partial charge on any atom is -0.340 e. The first-order chi connectivity index (χ1) is 16.5. The molecule has 0 bridgehead atoms. The minimum absolute atomic E-state index is 0.0578. The van der Waals surface area contributed by atoms with Gasteiger partial charge in [-0.15, -0.1) is 0 Å². The second kappa shape index (κ2) is 8.54. The molecule has 5 rings (SSSR count). The number of pyridine rings is 1. The summed E-state index contributed by atoms with van der Waals surface area (Å²) in [6.45, 7) is 4.70. The maximum Gasteiger partial charge on any atom is 0.253 e. The van der Waals surface area contributed by atoms with Gasteiger partial charge in [0.15, 0.2) is 5.82 Å². The van der Waals surface area contributed by atoms with Gasteiger partial charge in [0.2, 0.25) is 5.91 Å². The molecule has 12 heteroatoms. The van der Waals surface area contributed by atoms with Gasteiger partial charge in [-0.05, 0) is 40.8 Å². The van der Waals surface area contributed by atoms with Gasteiger partial charge in [-0.25, -0.2) is 26.8 Å². The predicted molar refractivity (Wildman–Crippen MR) is 129 cm³/mol. The number of halogens is 3. The average molecular weight is 512 g/mol. The van der Waals surface area contributed by atoms with Crippen molar-refractivity contribution in [2.75, 3.05) is 48.4 Å². The Morgan fingerprint density at radius 1 is 1.17 bits per heavy atom. The van der Waals surface area contributed by atoms with Gasteiger partial charge in [-0.2, -0.15) is 0 Å². The van der Waals surface area contributed by atoms with Crippen LogP contribution in [0.1, 0.15) is 18.9 Å². The van der Waals surface area contributed by atoms with Crippen LogP contribution in [0.4, 0.5) is 24.7 Å². The molecule has 0 spiro atoms. The number of anilines is 2. The van der Waals surface area contributed by atoms with Crippen molar-refractivity contribution in [2.45, 2.75) is 25.8 Å². The SMILES string of the molecule is CC(=O)N1CCN(Cc2ccc(F)c(-c3ccc4c(n3)N(C)S(O)(O)N4CC3CC3(F)F)c2)CC1. The number of amides is 1. The molecule has 3 heterocycles. The quantitative estimate of drug-likeness (QED) is 0.627. The molecule has 1 aromatic carbocycles. The monoisotopic (exact) mass is 511 g/mol. The molecular weight excluding hydrogens is 483 g/mol. The van der Waals surface area contributed by atoms with Crippen molar-refractivity contribution < 1.29 is 27.1 Å². The highest BCUT2D eigenvalue weighted by Crippen LogP contribution is 2.62. The smallest absolute Gasteiger partial charge is 0.253 e. The number of hydrogen-bond donors (Lipinski definition) is 2. The lowest BCUT2D eigenvalue weighted by Gasteiger charge is -2.41. The van der Waals surface area contributed by atoms with E-state index in [1.807, 2.05) is 0 Å². The number of alkyl halides is 2. The van der Waals surface area contributed by atoms with Crippen molar-refractivity contribution in [3.63, 3.8) is 0 Å². The minimum atomic E-state index is -3.53. The highest BCUT2D eigenvalue weighted by atomic mass is 32.3. The zero-order chi connectivity index (χ0) is 25.1. The summed E-state index contributed by atoms with van der Waals surface area (Å²) in [4.78, 5) is 20.0. The van der Waals surface area contributed by atoms with E-state index < -0.39 is 28.6 Å². The summed E-state index contributed by atoms with van der Waals surface area (Å²) in [6, 6.07) is 7.95. The number of rotatable bonds is 5. The first-order valence-electron chi connectivity index (χ1n) is 11.4. The molecule has 35 heavy (non-hydrogen) atoms. The molecule has 2 aromatic rings. The third kappa shape index (κ3) is 4.44. The predicted octanol–water partition coefficient (Wildman–Crippen LogP) is 4.04. The van der Waals surface area contributed by atoms with E-state index in [1.54, 1.807) is 36.1 Å². The lowest BCUT2D eigenvalue weighted by Crippen LogP contribution is -2.47. The largest absolute Gasteiger partial charge is 0.340 e. The van der Waals surface area contributed by atoms with Gasteiger partial charge in [-0.3, -0.25) is 18.8 Å². The Labute approximate surface area is 203 Å². The van der Waals surface area contributed by atoms with E-state index in [2.05, 4.69) is 9.88 Å². The first-order valence-corrected chi connectivity index (χ1v) is 12.9. The number of hydrogen-bond acceptors (Lipinski definition) is 7. The fourth-order valence-corrected chi connectivity index (χ4v) is 6.07. The molecule has 8 nitrogen and oxygen atoms in total. The fourth-order valence-electron chi connectivity index (χ4n) is 4.63. The van der Waals surface area contributed by atoms with Crippen LogP contribution in [-0.2, 0) is 11.3 Å². The Hall–Kier alpha value is -2.54. The number of carbonyl (C=O) groups excluding carboxylic acids is 1. The van der Waals surface area contributed by atoms with Gasteiger partial charge >= 0.3 is 0 Å². The fraction of sp³-hybridized carbons (Fsp3) is 0.478. The van der Waals surface area contributed by atoms with Crippen LogP contribution in [0.15, 0.2) is 30.3 Å². The van der Waals surface area contributed by atoms with Crippen molar-refractivity contribution in [2.24, 2.45) is 5.92 Å². The summed E-state index contributed by atoms with van der Waals surface area (Å²) >= 11 is 0. The number of piperazine rings is 1. The first kappa shape index (κ1) is 24.2. The van der Waals surface area contributed by atoms with E-state index in [0.29, 0.717) is 31.0 Å². The van der Waals surface area contributed by atoms with Gasteiger partial charge in [0, 0.05) is 71.1 Å². The Morgan fingerprint density at radius 2 is 1.86 bits per heavy atom. The summed E-state index contributed by atoms with van der Waals surface area (Å²) in [5.41, 5.74) is 1.80. The van der Waals surface area contributed by atoms with Gasteiger partial charge in [-0.1, -0.05) is 6.07 Å². The Kier molecular flexibility index (Phi) is 5.90.